The molecule has 0 aliphatic carbocycles. The summed E-state index contributed by atoms with van der Waals surface area (Å²) in [5.74, 6) is -1.86. The van der Waals surface area contributed by atoms with Crippen molar-refractivity contribution in [3.63, 3.8) is 0 Å². The van der Waals surface area contributed by atoms with Crippen molar-refractivity contribution in [3.8, 4) is 5.75 Å². The van der Waals surface area contributed by atoms with E-state index in [4.69, 9.17) is 16.7 Å². The highest BCUT2D eigenvalue weighted by molar-refractivity contribution is 6.17. The largest absolute Gasteiger partial charge is 0.504 e. The van der Waals surface area contributed by atoms with E-state index in [2.05, 4.69) is 4.98 Å². The smallest absolute Gasteiger partial charge is 0.368 e. The van der Waals surface area contributed by atoms with Gasteiger partial charge in [-0.25, -0.2) is 8.78 Å². The van der Waals surface area contributed by atoms with Crippen LogP contribution in [0.25, 0.3) is 0 Å². The fourth-order valence-electron chi connectivity index (χ4n) is 0.964. The third kappa shape index (κ3) is 2.30. The van der Waals surface area contributed by atoms with Crippen molar-refractivity contribution in [1.82, 2.24) is 4.98 Å². The number of pyridine rings is 1. The molecule has 1 N–H and O–H groups in total. The summed E-state index contributed by atoms with van der Waals surface area (Å²) in [6.45, 7) is 0. The predicted molar refractivity (Wildman–Crippen MR) is 47.1 cm³/mol. The second kappa shape index (κ2) is 4.35. The van der Waals surface area contributed by atoms with Crippen molar-refractivity contribution in [2.24, 2.45) is 0 Å². The Hall–Kier alpha value is -1.50. The Morgan fingerprint density at radius 3 is 2.67 bits per heavy atom. The van der Waals surface area contributed by atoms with Crippen LogP contribution in [0.2, 0.25) is 0 Å². The first-order chi connectivity index (χ1) is 6.97. The van der Waals surface area contributed by atoms with Gasteiger partial charge in [-0.2, -0.15) is 0 Å². The molecule has 0 aromatic carbocycles. The van der Waals surface area contributed by atoms with Crippen LogP contribution in [0.5, 0.6) is 5.75 Å². The minimum Gasteiger partial charge on any atom is -0.504 e. The monoisotopic (exact) mass is 238 g/mol. The lowest BCUT2D eigenvalue weighted by atomic mass is 10.2. The van der Waals surface area contributed by atoms with Crippen LogP contribution in [-0.4, -0.2) is 15.0 Å². The predicted octanol–water partition coefficient (Wildman–Crippen LogP) is 2.37. The first kappa shape index (κ1) is 11.6. The molecular formula is C7H5ClF2N2O3. The third-order valence-corrected chi connectivity index (χ3v) is 1.90. The molecule has 5 nitrogen and oxygen atoms in total. The molecule has 0 amide bonds. The molecule has 1 heterocycles. The lowest BCUT2D eigenvalue weighted by molar-refractivity contribution is -0.390. The van der Waals surface area contributed by atoms with Crippen LogP contribution in [0.3, 0.4) is 0 Å². The SMILES string of the molecule is O=[N+]([O-])c1nc(C(F)F)c(O)cc1CCl. The van der Waals surface area contributed by atoms with E-state index in [0.29, 0.717) is 0 Å². The summed E-state index contributed by atoms with van der Waals surface area (Å²) < 4.78 is 24.5. The van der Waals surface area contributed by atoms with E-state index in [1.54, 1.807) is 0 Å². The Labute approximate surface area is 87.5 Å². The molecule has 1 aromatic rings. The van der Waals surface area contributed by atoms with Gasteiger partial charge >= 0.3 is 12.2 Å². The molecule has 82 valence electrons. The number of aromatic hydroxyl groups is 1. The molecule has 1 rings (SSSR count). The number of aromatic nitrogens is 1. The van der Waals surface area contributed by atoms with E-state index in [0.717, 1.165) is 6.07 Å². The Kier molecular flexibility index (Phi) is 3.35. The summed E-state index contributed by atoms with van der Waals surface area (Å²) >= 11 is 5.34. The van der Waals surface area contributed by atoms with Gasteiger partial charge in [-0.15, -0.1) is 11.6 Å². The minimum atomic E-state index is -3.08. The molecule has 0 saturated heterocycles. The summed E-state index contributed by atoms with van der Waals surface area (Å²) in [5, 5.41) is 19.5. The number of hydrogen-bond acceptors (Lipinski definition) is 4. The molecule has 0 bridgehead atoms. The van der Waals surface area contributed by atoms with E-state index in [-0.39, 0.29) is 11.4 Å². The van der Waals surface area contributed by atoms with Crippen molar-refractivity contribution >= 4 is 17.4 Å². The molecule has 0 saturated carbocycles. The van der Waals surface area contributed by atoms with Gasteiger partial charge in [0.05, 0.1) is 11.4 Å². The summed E-state index contributed by atoms with van der Waals surface area (Å²) in [6, 6.07) is 0.819. The summed E-state index contributed by atoms with van der Waals surface area (Å²) in [5.41, 5.74) is -1.13. The number of hydrogen-bond donors (Lipinski definition) is 1. The Morgan fingerprint density at radius 2 is 2.27 bits per heavy atom. The maximum atomic E-state index is 12.2. The van der Waals surface area contributed by atoms with Crippen LogP contribution in [-0.2, 0) is 5.88 Å². The highest BCUT2D eigenvalue weighted by Crippen LogP contribution is 2.31. The molecule has 0 spiro atoms. The lowest BCUT2D eigenvalue weighted by Gasteiger charge is -2.02. The molecule has 0 fully saturated rings. The van der Waals surface area contributed by atoms with Gasteiger partial charge in [-0.3, -0.25) is 0 Å². The van der Waals surface area contributed by atoms with Gasteiger partial charge < -0.3 is 15.2 Å². The summed E-state index contributed by atoms with van der Waals surface area (Å²) in [4.78, 5) is 12.6. The van der Waals surface area contributed by atoms with Crippen LogP contribution in [0.1, 0.15) is 17.7 Å². The third-order valence-electron chi connectivity index (χ3n) is 1.61. The van der Waals surface area contributed by atoms with E-state index in [1.807, 2.05) is 0 Å². The Morgan fingerprint density at radius 1 is 1.67 bits per heavy atom. The molecule has 0 aliphatic rings. The molecule has 1 aromatic heterocycles. The van der Waals surface area contributed by atoms with Crippen LogP contribution in [0, 0.1) is 10.1 Å². The lowest BCUT2D eigenvalue weighted by Crippen LogP contribution is -2.01. The highest BCUT2D eigenvalue weighted by Gasteiger charge is 2.26. The van der Waals surface area contributed by atoms with Crippen molar-refractivity contribution in [1.29, 1.82) is 0 Å². The average Bonchev–Trinajstić information content (AvgIpc) is 2.16. The zero-order chi connectivity index (χ0) is 11.6. The van der Waals surface area contributed by atoms with Crippen molar-refractivity contribution in [3.05, 3.63) is 27.4 Å². The number of alkyl halides is 3. The van der Waals surface area contributed by atoms with Gasteiger partial charge in [0, 0.05) is 0 Å². The molecule has 0 radical (unpaired) electrons. The fourth-order valence-corrected chi connectivity index (χ4v) is 1.16. The van der Waals surface area contributed by atoms with Crippen molar-refractivity contribution in [2.45, 2.75) is 12.3 Å². The van der Waals surface area contributed by atoms with Gasteiger partial charge in [0.1, 0.15) is 0 Å². The molecule has 15 heavy (non-hydrogen) atoms. The zero-order valence-electron chi connectivity index (χ0n) is 7.15. The van der Waals surface area contributed by atoms with Gasteiger partial charge in [0.2, 0.25) is 0 Å². The van der Waals surface area contributed by atoms with Crippen LogP contribution >= 0.6 is 11.6 Å². The van der Waals surface area contributed by atoms with E-state index in [9.17, 15) is 18.9 Å². The normalized spacial score (nSPS) is 10.7. The minimum absolute atomic E-state index is 0.108. The molecular weight excluding hydrogens is 234 g/mol. The van der Waals surface area contributed by atoms with Gasteiger partial charge in [0.25, 0.3) is 5.69 Å². The average molecular weight is 239 g/mol. The highest BCUT2D eigenvalue weighted by atomic mass is 35.5. The van der Waals surface area contributed by atoms with Crippen molar-refractivity contribution < 1.29 is 18.8 Å². The number of rotatable bonds is 3. The second-order valence-electron chi connectivity index (χ2n) is 2.57. The van der Waals surface area contributed by atoms with Gasteiger partial charge in [0.15, 0.2) is 5.75 Å². The fraction of sp³-hybridized carbons (Fsp3) is 0.286. The Balaban J connectivity index is 3.37. The summed E-state index contributed by atoms with van der Waals surface area (Å²) in [6.07, 6.45) is -3.08. The maximum absolute atomic E-state index is 12.2. The molecule has 0 atom stereocenters. The molecule has 8 heteroatoms. The topological polar surface area (TPSA) is 76.3 Å². The van der Waals surface area contributed by atoms with E-state index >= 15 is 0 Å². The van der Waals surface area contributed by atoms with Crippen molar-refractivity contribution in [2.75, 3.05) is 0 Å². The van der Waals surface area contributed by atoms with Gasteiger partial charge in [-0.1, -0.05) is 0 Å². The maximum Gasteiger partial charge on any atom is 0.368 e. The van der Waals surface area contributed by atoms with Crippen LogP contribution in [0.15, 0.2) is 6.07 Å². The zero-order valence-corrected chi connectivity index (χ0v) is 7.91. The molecule has 0 unspecified atom stereocenters. The number of halogens is 3. The standard InChI is InChI=1S/C7H5ClF2N2O3/c8-2-3-1-4(13)5(6(9)10)11-7(3)12(14)15/h1,6,13H,2H2. The first-order valence-corrected chi connectivity index (χ1v) is 4.22. The summed E-state index contributed by atoms with van der Waals surface area (Å²) in [7, 11) is 0. The van der Waals surface area contributed by atoms with E-state index < -0.39 is 28.6 Å². The number of nitrogens with zero attached hydrogens (tertiary/aromatic N) is 2. The quantitative estimate of drug-likeness (QED) is 0.498. The van der Waals surface area contributed by atoms with E-state index in [1.165, 1.54) is 0 Å². The van der Waals surface area contributed by atoms with Gasteiger partial charge in [-0.05, 0) is 16.0 Å². The van der Waals surface area contributed by atoms with Crippen LogP contribution in [0.4, 0.5) is 14.6 Å². The first-order valence-electron chi connectivity index (χ1n) is 3.68. The molecule has 0 aliphatic heterocycles. The number of nitro groups is 1. The van der Waals surface area contributed by atoms with Crippen LogP contribution < -0.4 is 0 Å². The second-order valence-corrected chi connectivity index (χ2v) is 2.83. The Bertz CT molecular complexity index is 400.